The maximum absolute atomic E-state index is 13.7. The molecule has 5 heteroatoms. The molecule has 1 saturated carbocycles. The van der Waals surface area contributed by atoms with Crippen molar-refractivity contribution in [2.45, 2.75) is 43.8 Å². The van der Waals surface area contributed by atoms with E-state index in [1.54, 1.807) is 13.2 Å². The first-order valence-corrected chi connectivity index (χ1v) is 8.50. The van der Waals surface area contributed by atoms with Gasteiger partial charge in [0.1, 0.15) is 11.6 Å². The lowest BCUT2D eigenvalue weighted by Gasteiger charge is -2.43. The summed E-state index contributed by atoms with van der Waals surface area (Å²) in [6.07, 6.45) is 4.33. The number of halogens is 1. The lowest BCUT2D eigenvalue weighted by Crippen LogP contribution is -2.57. The van der Waals surface area contributed by atoms with Crippen LogP contribution in [0, 0.1) is 11.7 Å². The van der Waals surface area contributed by atoms with Crippen LogP contribution < -0.4 is 10.1 Å². The van der Waals surface area contributed by atoms with Crippen molar-refractivity contribution in [2.75, 3.05) is 26.8 Å². The molecule has 2 aliphatic rings. The van der Waals surface area contributed by atoms with Crippen LogP contribution >= 0.6 is 0 Å². The molecule has 4 nitrogen and oxygen atoms in total. The maximum atomic E-state index is 13.7. The molecule has 1 aromatic carbocycles. The average Bonchev–Trinajstić information content (AvgIpc) is 3.11. The summed E-state index contributed by atoms with van der Waals surface area (Å²) < 4.78 is 24.9. The second-order valence-electron chi connectivity index (χ2n) is 6.67. The summed E-state index contributed by atoms with van der Waals surface area (Å²) in [7, 11) is 1.57. The highest BCUT2D eigenvalue weighted by atomic mass is 19.1. The lowest BCUT2D eigenvalue weighted by atomic mass is 9.76. The third-order valence-electron chi connectivity index (χ3n) is 5.26. The summed E-state index contributed by atoms with van der Waals surface area (Å²) in [4.78, 5) is 0. The van der Waals surface area contributed by atoms with Gasteiger partial charge in [0.2, 0.25) is 0 Å². The molecule has 1 aromatic rings. The van der Waals surface area contributed by atoms with Crippen molar-refractivity contribution in [2.24, 2.45) is 5.92 Å². The Kier molecular flexibility index (Phi) is 5.19. The Labute approximate surface area is 137 Å². The fraction of sp³-hybridized carbons (Fsp3) is 0.667. The van der Waals surface area contributed by atoms with E-state index >= 15 is 0 Å². The minimum absolute atomic E-state index is 0.181. The van der Waals surface area contributed by atoms with Crippen molar-refractivity contribution in [3.8, 4) is 5.75 Å². The van der Waals surface area contributed by atoms with Gasteiger partial charge in [-0.15, -0.1) is 0 Å². The van der Waals surface area contributed by atoms with Crippen molar-refractivity contribution in [1.29, 1.82) is 0 Å². The van der Waals surface area contributed by atoms with E-state index in [1.165, 1.54) is 12.1 Å². The zero-order chi connectivity index (χ0) is 16.3. The van der Waals surface area contributed by atoms with E-state index < -0.39 is 5.60 Å². The Bertz CT molecular complexity index is 527. The molecule has 0 bridgehead atoms. The molecule has 2 fully saturated rings. The minimum atomic E-state index is -0.995. The highest BCUT2D eigenvalue weighted by molar-refractivity contribution is 5.35. The van der Waals surface area contributed by atoms with E-state index in [0.717, 1.165) is 32.2 Å². The number of aliphatic hydroxyl groups is 1. The first kappa shape index (κ1) is 16.7. The van der Waals surface area contributed by atoms with E-state index in [-0.39, 0.29) is 17.8 Å². The standard InChI is InChI=1S/C18H26FNO3/c1-22-16-7-6-15(19)10-13(16)11-18(21,14-4-2-3-5-14)17-12-20-8-9-23-17/h6-7,10,14,17,20-21H,2-5,8-9,11-12H2,1H3/t17-,18-/m0/s1. The number of methoxy groups -OCH3 is 1. The number of hydrogen-bond donors (Lipinski definition) is 2. The number of morpholine rings is 1. The topological polar surface area (TPSA) is 50.7 Å². The van der Waals surface area contributed by atoms with Gasteiger partial charge in [0.25, 0.3) is 0 Å². The Morgan fingerprint density at radius 3 is 2.83 bits per heavy atom. The Balaban J connectivity index is 1.90. The predicted molar refractivity (Wildman–Crippen MR) is 86.2 cm³/mol. The number of hydrogen-bond acceptors (Lipinski definition) is 4. The van der Waals surface area contributed by atoms with Gasteiger partial charge in [-0.25, -0.2) is 4.39 Å². The zero-order valence-electron chi connectivity index (χ0n) is 13.7. The molecule has 128 valence electrons. The Morgan fingerprint density at radius 2 is 2.17 bits per heavy atom. The van der Waals surface area contributed by atoms with Gasteiger partial charge in [-0.05, 0) is 42.5 Å². The van der Waals surface area contributed by atoms with E-state index in [4.69, 9.17) is 9.47 Å². The third kappa shape index (κ3) is 3.52. The first-order valence-electron chi connectivity index (χ1n) is 8.50. The average molecular weight is 323 g/mol. The molecular weight excluding hydrogens is 297 g/mol. The van der Waals surface area contributed by atoms with Crippen LogP contribution in [0.4, 0.5) is 4.39 Å². The lowest BCUT2D eigenvalue weighted by molar-refractivity contribution is -0.147. The molecule has 1 saturated heterocycles. The normalized spacial score (nSPS) is 25.3. The zero-order valence-corrected chi connectivity index (χ0v) is 13.7. The van der Waals surface area contributed by atoms with Crippen molar-refractivity contribution < 1.29 is 19.0 Å². The van der Waals surface area contributed by atoms with Gasteiger partial charge in [0, 0.05) is 19.5 Å². The van der Waals surface area contributed by atoms with Gasteiger partial charge in [0.15, 0.2) is 0 Å². The van der Waals surface area contributed by atoms with Gasteiger partial charge >= 0.3 is 0 Å². The Morgan fingerprint density at radius 1 is 1.39 bits per heavy atom. The highest BCUT2D eigenvalue weighted by Crippen LogP contribution is 2.40. The number of benzene rings is 1. The van der Waals surface area contributed by atoms with Crippen LogP contribution in [0.5, 0.6) is 5.75 Å². The maximum Gasteiger partial charge on any atom is 0.123 e. The minimum Gasteiger partial charge on any atom is -0.496 e. The molecule has 0 aromatic heterocycles. The van der Waals surface area contributed by atoms with Crippen LogP contribution in [0.25, 0.3) is 0 Å². The molecule has 1 aliphatic carbocycles. The second kappa shape index (κ2) is 7.16. The third-order valence-corrected chi connectivity index (χ3v) is 5.26. The fourth-order valence-electron chi connectivity index (χ4n) is 4.02. The second-order valence-corrected chi connectivity index (χ2v) is 6.67. The summed E-state index contributed by atoms with van der Waals surface area (Å²) in [6.45, 7) is 2.03. The molecule has 0 radical (unpaired) electrons. The van der Waals surface area contributed by atoms with Gasteiger partial charge in [-0.3, -0.25) is 0 Å². The molecule has 23 heavy (non-hydrogen) atoms. The summed E-state index contributed by atoms with van der Waals surface area (Å²) in [5.41, 5.74) is -0.290. The van der Waals surface area contributed by atoms with Crippen LogP contribution in [0.15, 0.2) is 18.2 Å². The van der Waals surface area contributed by atoms with E-state index in [1.807, 2.05) is 0 Å². The van der Waals surface area contributed by atoms with E-state index in [2.05, 4.69) is 5.32 Å². The van der Waals surface area contributed by atoms with Crippen LogP contribution in [0.2, 0.25) is 0 Å². The van der Waals surface area contributed by atoms with Crippen LogP contribution in [0.3, 0.4) is 0 Å². The van der Waals surface area contributed by atoms with Crippen LogP contribution in [0.1, 0.15) is 31.2 Å². The molecule has 3 rings (SSSR count). The van der Waals surface area contributed by atoms with Crippen molar-refractivity contribution in [3.05, 3.63) is 29.6 Å². The summed E-state index contributed by atoms with van der Waals surface area (Å²) >= 11 is 0. The summed E-state index contributed by atoms with van der Waals surface area (Å²) in [6, 6.07) is 4.48. The first-order chi connectivity index (χ1) is 11.1. The quantitative estimate of drug-likeness (QED) is 0.873. The molecule has 2 N–H and O–H groups in total. The van der Waals surface area contributed by atoms with Gasteiger partial charge in [0.05, 0.1) is 25.4 Å². The van der Waals surface area contributed by atoms with Crippen LogP contribution in [-0.4, -0.2) is 43.6 Å². The van der Waals surface area contributed by atoms with Crippen molar-refractivity contribution in [3.63, 3.8) is 0 Å². The summed E-state index contributed by atoms with van der Waals surface area (Å²) in [5.74, 6) is 0.490. The van der Waals surface area contributed by atoms with Gasteiger partial charge in [-0.2, -0.15) is 0 Å². The van der Waals surface area contributed by atoms with E-state index in [9.17, 15) is 9.50 Å². The molecule has 0 spiro atoms. The van der Waals surface area contributed by atoms with Gasteiger partial charge in [-0.1, -0.05) is 12.8 Å². The molecule has 0 unspecified atom stereocenters. The highest BCUT2D eigenvalue weighted by Gasteiger charge is 2.46. The number of nitrogens with one attached hydrogen (secondary N) is 1. The number of ether oxygens (including phenoxy) is 2. The van der Waals surface area contributed by atoms with E-state index in [0.29, 0.717) is 30.9 Å². The number of rotatable bonds is 5. The largest absolute Gasteiger partial charge is 0.496 e. The fourth-order valence-corrected chi connectivity index (χ4v) is 4.02. The van der Waals surface area contributed by atoms with Crippen molar-refractivity contribution >= 4 is 0 Å². The van der Waals surface area contributed by atoms with Crippen LogP contribution in [-0.2, 0) is 11.2 Å². The predicted octanol–water partition coefficient (Wildman–Crippen LogP) is 2.29. The Hall–Kier alpha value is -1.17. The molecule has 0 amide bonds. The molecular formula is C18H26FNO3. The van der Waals surface area contributed by atoms with Crippen molar-refractivity contribution in [1.82, 2.24) is 5.32 Å². The molecule has 1 heterocycles. The molecule has 1 aliphatic heterocycles. The molecule has 2 atom stereocenters. The monoisotopic (exact) mass is 323 g/mol. The summed E-state index contributed by atoms with van der Waals surface area (Å²) in [5, 5.41) is 14.9. The van der Waals surface area contributed by atoms with Gasteiger partial charge < -0.3 is 19.9 Å². The SMILES string of the molecule is COc1ccc(F)cc1C[C@](O)(C1CCCC1)[C@@H]1CNCCO1. The smallest absolute Gasteiger partial charge is 0.123 e.